The van der Waals surface area contributed by atoms with E-state index in [0.29, 0.717) is 0 Å². The van der Waals surface area contributed by atoms with E-state index in [-0.39, 0.29) is 22.8 Å². The molecule has 4 heteroatoms. The maximum absolute atomic E-state index is 11.3. The molecule has 0 aliphatic carbocycles. The molecule has 0 saturated carbocycles. The third-order valence-corrected chi connectivity index (χ3v) is 2.71. The predicted molar refractivity (Wildman–Crippen MR) is 60.3 cm³/mol. The van der Waals surface area contributed by atoms with Crippen molar-refractivity contribution < 1.29 is 9.59 Å². The molecule has 0 bridgehead atoms. The van der Waals surface area contributed by atoms with Crippen molar-refractivity contribution in [1.29, 1.82) is 0 Å². The second-order valence-electron chi connectivity index (χ2n) is 3.24. The number of carbonyl (C=O) groups is 2. The van der Waals surface area contributed by atoms with Crippen molar-refractivity contribution in [1.82, 2.24) is 5.32 Å². The molecule has 0 aromatic carbocycles. The Balaban J connectivity index is 3.72. The minimum Gasteiger partial charge on any atom is -0.353 e. The van der Waals surface area contributed by atoms with Crippen molar-refractivity contribution in [2.45, 2.75) is 46.1 Å². The Bertz CT molecular complexity index is 195. The molecule has 1 unspecified atom stereocenters. The van der Waals surface area contributed by atoms with Crippen LogP contribution in [0.2, 0.25) is 0 Å². The Morgan fingerprint density at radius 3 is 2.43 bits per heavy atom. The smallest absolute Gasteiger partial charge is 0.230 e. The van der Waals surface area contributed by atoms with Gasteiger partial charge in [-0.15, -0.1) is 0 Å². The van der Waals surface area contributed by atoms with Crippen LogP contribution in [0.25, 0.3) is 0 Å². The molecule has 14 heavy (non-hydrogen) atoms. The Morgan fingerprint density at radius 2 is 2.00 bits per heavy atom. The largest absolute Gasteiger partial charge is 0.353 e. The highest BCUT2D eigenvalue weighted by molar-refractivity contribution is 8.14. The molecule has 0 aliphatic rings. The third kappa shape index (κ3) is 6.95. The summed E-state index contributed by atoms with van der Waals surface area (Å²) in [5.41, 5.74) is 0. The first-order valence-corrected chi connectivity index (χ1v) is 6.01. The zero-order valence-electron chi connectivity index (χ0n) is 9.13. The summed E-state index contributed by atoms with van der Waals surface area (Å²) < 4.78 is 0. The van der Waals surface area contributed by atoms with Gasteiger partial charge in [0.25, 0.3) is 0 Å². The zero-order valence-corrected chi connectivity index (χ0v) is 9.95. The molecule has 0 heterocycles. The number of nitrogens with one attached hydrogen (secondary N) is 1. The van der Waals surface area contributed by atoms with E-state index >= 15 is 0 Å². The van der Waals surface area contributed by atoms with Crippen molar-refractivity contribution >= 4 is 22.8 Å². The SMILES string of the molecule is CCCC(CC)NC(=O)CSC(C)=O. The van der Waals surface area contributed by atoms with Gasteiger partial charge < -0.3 is 5.32 Å². The Kier molecular flexibility index (Phi) is 7.57. The van der Waals surface area contributed by atoms with Gasteiger partial charge in [-0.25, -0.2) is 0 Å². The topological polar surface area (TPSA) is 46.2 Å². The van der Waals surface area contributed by atoms with Crippen LogP contribution in [0.4, 0.5) is 0 Å². The van der Waals surface area contributed by atoms with Gasteiger partial charge in [0, 0.05) is 13.0 Å². The third-order valence-electron chi connectivity index (χ3n) is 1.90. The molecule has 0 aliphatic heterocycles. The summed E-state index contributed by atoms with van der Waals surface area (Å²) >= 11 is 1.06. The van der Waals surface area contributed by atoms with Crippen LogP contribution in [-0.4, -0.2) is 22.8 Å². The molecule has 0 fully saturated rings. The lowest BCUT2D eigenvalue weighted by atomic mass is 10.1. The van der Waals surface area contributed by atoms with Gasteiger partial charge in [0.1, 0.15) is 0 Å². The van der Waals surface area contributed by atoms with Crippen molar-refractivity contribution in [3.63, 3.8) is 0 Å². The van der Waals surface area contributed by atoms with Crippen molar-refractivity contribution in [3.05, 3.63) is 0 Å². The quantitative estimate of drug-likeness (QED) is 0.740. The van der Waals surface area contributed by atoms with Gasteiger partial charge in [-0.1, -0.05) is 32.0 Å². The lowest BCUT2D eigenvalue weighted by Crippen LogP contribution is -2.35. The molecule has 1 N–H and O–H groups in total. The first kappa shape index (κ1) is 13.5. The van der Waals surface area contributed by atoms with Gasteiger partial charge in [-0.3, -0.25) is 9.59 Å². The minimum atomic E-state index is -0.0366. The first-order chi connectivity index (χ1) is 6.60. The van der Waals surface area contributed by atoms with Crippen LogP contribution in [0.15, 0.2) is 0 Å². The van der Waals surface area contributed by atoms with Gasteiger partial charge in [-0.2, -0.15) is 0 Å². The molecule has 82 valence electrons. The minimum absolute atomic E-state index is 0.0105. The first-order valence-electron chi connectivity index (χ1n) is 5.02. The molecule has 1 amide bonds. The lowest BCUT2D eigenvalue weighted by molar-refractivity contribution is -0.119. The van der Waals surface area contributed by atoms with Crippen LogP contribution in [0, 0.1) is 0 Å². The lowest BCUT2D eigenvalue weighted by Gasteiger charge is -2.15. The molecular weight excluding hydrogens is 198 g/mol. The highest BCUT2D eigenvalue weighted by atomic mass is 32.2. The highest BCUT2D eigenvalue weighted by Gasteiger charge is 2.09. The maximum Gasteiger partial charge on any atom is 0.230 e. The summed E-state index contributed by atoms with van der Waals surface area (Å²) in [5.74, 6) is 0.209. The van der Waals surface area contributed by atoms with Gasteiger partial charge in [0.15, 0.2) is 5.12 Å². The number of hydrogen-bond donors (Lipinski definition) is 1. The van der Waals surface area contributed by atoms with E-state index in [9.17, 15) is 9.59 Å². The van der Waals surface area contributed by atoms with Crippen LogP contribution in [0.1, 0.15) is 40.0 Å². The summed E-state index contributed by atoms with van der Waals surface area (Å²) in [6.45, 7) is 5.62. The summed E-state index contributed by atoms with van der Waals surface area (Å²) in [6.07, 6.45) is 3.02. The van der Waals surface area contributed by atoms with Crippen LogP contribution in [0.3, 0.4) is 0 Å². The molecule has 0 aromatic rings. The van der Waals surface area contributed by atoms with Crippen LogP contribution in [0.5, 0.6) is 0 Å². The van der Waals surface area contributed by atoms with E-state index in [1.807, 2.05) is 0 Å². The van der Waals surface area contributed by atoms with Gasteiger partial charge in [-0.05, 0) is 12.8 Å². The molecule has 0 saturated heterocycles. The second-order valence-corrected chi connectivity index (χ2v) is 4.39. The predicted octanol–water partition coefficient (Wildman–Crippen LogP) is 1.96. The number of thioether (sulfide) groups is 1. The molecule has 1 atom stereocenters. The summed E-state index contributed by atoms with van der Waals surface area (Å²) in [7, 11) is 0. The van der Waals surface area contributed by atoms with Crippen LogP contribution < -0.4 is 5.32 Å². The standard InChI is InChI=1S/C10H19NO2S/c1-4-6-9(5-2)11-10(13)7-14-8(3)12/h9H,4-7H2,1-3H3,(H,11,13). The number of carbonyl (C=O) groups excluding carboxylic acids is 2. The Labute approximate surface area is 90.0 Å². The molecule has 0 aromatic heterocycles. The zero-order chi connectivity index (χ0) is 11.0. The van der Waals surface area contributed by atoms with Gasteiger partial charge in [0.05, 0.1) is 5.75 Å². The fourth-order valence-corrected chi connectivity index (χ4v) is 1.58. The average Bonchev–Trinajstić information content (AvgIpc) is 2.14. The molecular formula is C10H19NO2S. The summed E-state index contributed by atoms with van der Waals surface area (Å²) in [4.78, 5) is 21.9. The van der Waals surface area contributed by atoms with Crippen molar-refractivity contribution in [2.75, 3.05) is 5.75 Å². The fraction of sp³-hybridized carbons (Fsp3) is 0.800. The van der Waals surface area contributed by atoms with Gasteiger partial charge >= 0.3 is 0 Å². The van der Waals surface area contributed by atoms with Crippen LogP contribution >= 0.6 is 11.8 Å². The molecule has 3 nitrogen and oxygen atoms in total. The number of hydrogen-bond acceptors (Lipinski definition) is 3. The fourth-order valence-electron chi connectivity index (χ4n) is 1.16. The average molecular weight is 217 g/mol. The van der Waals surface area contributed by atoms with Crippen LogP contribution in [-0.2, 0) is 9.59 Å². The van der Waals surface area contributed by atoms with E-state index in [0.717, 1.165) is 31.0 Å². The van der Waals surface area contributed by atoms with E-state index in [1.54, 1.807) is 0 Å². The Morgan fingerprint density at radius 1 is 1.36 bits per heavy atom. The normalized spacial score (nSPS) is 12.2. The van der Waals surface area contributed by atoms with E-state index in [1.165, 1.54) is 6.92 Å². The maximum atomic E-state index is 11.3. The monoisotopic (exact) mass is 217 g/mol. The van der Waals surface area contributed by atoms with Crippen molar-refractivity contribution in [3.8, 4) is 0 Å². The molecule has 0 radical (unpaired) electrons. The highest BCUT2D eigenvalue weighted by Crippen LogP contribution is 2.03. The van der Waals surface area contributed by atoms with E-state index < -0.39 is 0 Å². The van der Waals surface area contributed by atoms with Gasteiger partial charge in [0.2, 0.25) is 5.91 Å². The number of amides is 1. The van der Waals surface area contributed by atoms with E-state index in [4.69, 9.17) is 0 Å². The molecule has 0 spiro atoms. The Hall–Kier alpha value is -0.510. The summed E-state index contributed by atoms with van der Waals surface area (Å²) in [6, 6.07) is 0.264. The second kappa shape index (κ2) is 7.85. The van der Waals surface area contributed by atoms with E-state index in [2.05, 4.69) is 19.2 Å². The van der Waals surface area contributed by atoms with Crippen molar-refractivity contribution in [2.24, 2.45) is 0 Å². The summed E-state index contributed by atoms with van der Waals surface area (Å²) in [5, 5.41) is 2.90. The molecule has 0 rings (SSSR count). The number of rotatable bonds is 6.